The second-order valence-electron chi connectivity index (χ2n) is 5.09. The van der Waals surface area contributed by atoms with E-state index in [9.17, 15) is 14.4 Å². The zero-order valence-electron chi connectivity index (χ0n) is 11.8. The molecule has 1 aromatic heterocycles. The van der Waals surface area contributed by atoms with E-state index in [-0.39, 0.29) is 23.9 Å². The quantitative estimate of drug-likeness (QED) is 0.840. The molecule has 0 radical (unpaired) electrons. The van der Waals surface area contributed by atoms with Gasteiger partial charge in [-0.2, -0.15) is 0 Å². The number of rotatable bonds is 4. The lowest BCUT2D eigenvalue weighted by Crippen LogP contribution is -2.66. The Morgan fingerprint density at radius 2 is 2.00 bits per heavy atom. The van der Waals surface area contributed by atoms with E-state index >= 15 is 0 Å². The van der Waals surface area contributed by atoms with Crippen LogP contribution in [0.1, 0.15) is 20.3 Å². The number of hydrogen-bond donors (Lipinski definition) is 1. The van der Waals surface area contributed by atoms with Crippen LogP contribution >= 0.6 is 0 Å². The van der Waals surface area contributed by atoms with Gasteiger partial charge in [-0.3, -0.25) is 14.4 Å². The highest BCUT2D eigenvalue weighted by Gasteiger charge is 2.43. The van der Waals surface area contributed by atoms with Gasteiger partial charge < -0.3 is 14.8 Å². The summed E-state index contributed by atoms with van der Waals surface area (Å²) in [6, 6.07) is 4.92. The van der Waals surface area contributed by atoms with E-state index in [2.05, 4.69) is 5.32 Å². The van der Waals surface area contributed by atoms with E-state index in [1.54, 1.807) is 30.2 Å². The van der Waals surface area contributed by atoms with Crippen LogP contribution < -0.4 is 10.9 Å². The van der Waals surface area contributed by atoms with Gasteiger partial charge in [0.25, 0.3) is 5.56 Å². The highest BCUT2D eigenvalue weighted by atomic mass is 16.2. The summed E-state index contributed by atoms with van der Waals surface area (Å²) in [6.45, 7) is 4.39. The van der Waals surface area contributed by atoms with Crippen LogP contribution in [0, 0.1) is 0 Å². The molecule has 0 aliphatic carbocycles. The van der Waals surface area contributed by atoms with Crippen LogP contribution in [-0.2, 0) is 16.1 Å². The monoisotopic (exact) mass is 277 g/mol. The molecule has 20 heavy (non-hydrogen) atoms. The third-order valence-corrected chi connectivity index (χ3v) is 3.94. The van der Waals surface area contributed by atoms with Gasteiger partial charge >= 0.3 is 0 Å². The van der Waals surface area contributed by atoms with E-state index in [1.165, 1.54) is 10.6 Å². The van der Waals surface area contributed by atoms with Crippen molar-refractivity contribution >= 4 is 11.8 Å². The first-order chi connectivity index (χ1) is 9.49. The van der Waals surface area contributed by atoms with E-state index in [4.69, 9.17) is 0 Å². The summed E-state index contributed by atoms with van der Waals surface area (Å²) >= 11 is 0. The lowest BCUT2D eigenvalue weighted by atomic mass is 9.92. The predicted molar refractivity (Wildman–Crippen MR) is 74.1 cm³/mol. The van der Waals surface area contributed by atoms with Crippen LogP contribution in [0.2, 0.25) is 0 Å². The second-order valence-corrected chi connectivity index (χ2v) is 5.09. The molecule has 1 aliphatic heterocycles. The first-order valence-corrected chi connectivity index (χ1v) is 6.73. The minimum atomic E-state index is -0.840. The Bertz CT molecular complexity index is 581. The molecule has 6 nitrogen and oxygen atoms in total. The Hall–Kier alpha value is -2.11. The maximum Gasteiger partial charge on any atom is 0.250 e. The van der Waals surface area contributed by atoms with Gasteiger partial charge in [0.1, 0.15) is 5.54 Å². The lowest BCUT2D eigenvalue weighted by Gasteiger charge is -2.43. The second kappa shape index (κ2) is 5.48. The van der Waals surface area contributed by atoms with Crippen molar-refractivity contribution in [2.24, 2.45) is 0 Å². The van der Waals surface area contributed by atoms with Crippen LogP contribution in [0.4, 0.5) is 0 Å². The Kier molecular flexibility index (Phi) is 3.92. The molecule has 1 atom stereocenters. The third kappa shape index (κ3) is 2.45. The molecular weight excluding hydrogens is 258 g/mol. The van der Waals surface area contributed by atoms with Crippen LogP contribution in [0.25, 0.3) is 0 Å². The normalized spacial score (nSPS) is 22.8. The van der Waals surface area contributed by atoms with Gasteiger partial charge in [0.15, 0.2) is 0 Å². The summed E-state index contributed by atoms with van der Waals surface area (Å²) in [7, 11) is 0. The van der Waals surface area contributed by atoms with Gasteiger partial charge in [-0.05, 0) is 19.4 Å². The number of aromatic nitrogens is 1. The van der Waals surface area contributed by atoms with Crippen molar-refractivity contribution < 1.29 is 9.59 Å². The van der Waals surface area contributed by atoms with Crippen molar-refractivity contribution in [2.45, 2.75) is 32.4 Å². The topological polar surface area (TPSA) is 71.4 Å². The van der Waals surface area contributed by atoms with Crippen molar-refractivity contribution in [1.29, 1.82) is 0 Å². The van der Waals surface area contributed by atoms with E-state index in [0.717, 1.165) is 0 Å². The number of hydrogen-bond acceptors (Lipinski definition) is 3. The number of carbonyl (C=O) groups is 2. The largest absolute Gasteiger partial charge is 0.345 e. The molecule has 1 unspecified atom stereocenters. The maximum absolute atomic E-state index is 12.0. The molecular formula is C14H19N3O3. The summed E-state index contributed by atoms with van der Waals surface area (Å²) in [6.07, 6.45) is 2.22. The van der Waals surface area contributed by atoms with Crippen LogP contribution in [0.15, 0.2) is 29.2 Å². The molecule has 1 N–H and O–H groups in total. The van der Waals surface area contributed by atoms with E-state index in [1.807, 2.05) is 6.92 Å². The van der Waals surface area contributed by atoms with E-state index in [0.29, 0.717) is 19.5 Å². The standard InChI is InChI=1S/C14H19N3O3/c1-3-14(2)13(20)15-10-12(19)17(14)9-8-16-7-5-4-6-11(16)18/h4-7H,3,8-10H2,1-2H3,(H,15,20). The van der Waals surface area contributed by atoms with Crippen molar-refractivity contribution in [3.8, 4) is 0 Å². The molecule has 2 amide bonds. The number of nitrogens with one attached hydrogen (secondary N) is 1. The Balaban J connectivity index is 2.17. The van der Waals surface area contributed by atoms with Crippen LogP contribution in [0.3, 0.4) is 0 Å². The third-order valence-electron chi connectivity index (χ3n) is 3.94. The molecule has 2 heterocycles. The highest BCUT2D eigenvalue weighted by molar-refractivity contribution is 5.97. The molecule has 0 saturated carbocycles. The Morgan fingerprint density at radius 3 is 2.65 bits per heavy atom. The molecule has 1 aromatic rings. The van der Waals surface area contributed by atoms with Gasteiger partial charge in [-0.15, -0.1) is 0 Å². The average molecular weight is 277 g/mol. The molecule has 0 spiro atoms. The lowest BCUT2D eigenvalue weighted by molar-refractivity contribution is -0.153. The summed E-state index contributed by atoms with van der Waals surface area (Å²) in [5, 5.41) is 2.61. The predicted octanol–water partition coefficient (Wildman–Crippen LogP) is -0.0246. The molecule has 0 aromatic carbocycles. The van der Waals surface area contributed by atoms with Gasteiger partial charge in [0, 0.05) is 25.4 Å². The van der Waals surface area contributed by atoms with Gasteiger partial charge in [-0.1, -0.05) is 13.0 Å². The molecule has 108 valence electrons. The molecule has 0 bridgehead atoms. The van der Waals surface area contributed by atoms with Crippen molar-refractivity contribution in [1.82, 2.24) is 14.8 Å². The number of amides is 2. The molecule has 6 heteroatoms. The minimum absolute atomic E-state index is 0.0259. The minimum Gasteiger partial charge on any atom is -0.345 e. The van der Waals surface area contributed by atoms with Gasteiger partial charge in [0.05, 0.1) is 6.54 Å². The Morgan fingerprint density at radius 1 is 1.25 bits per heavy atom. The molecule has 1 fully saturated rings. The summed E-state index contributed by atoms with van der Waals surface area (Å²) in [5.41, 5.74) is -0.951. The highest BCUT2D eigenvalue weighted by Crippen LogP contribution is 2.22. The zero-order valence-corrected chi connectivity index (χ0v) is 11.8. The number of carbonyl (C=O) groups excluding carboxylic acids is 2. The first-order valence-electron chi connectivity index (χ1n) is 6.73. The molecule has 2 rings (SSSR count). The molecule has 1 aliphatic rings. The summed E-state index contributed by atoms with van der Waals surface area (Å²) < 4.78 is 1.54. The van der Waals surface area contributed by atoms with Crippen LogP contribution in [0.5, 0.6) is 0 Å². The van der Waals surface area contributed by atoms with Gasteiger partial charge in [-0.25, -0.2) is 0 Å². The summed E-state index contributed by atoms with van der Waals surface area (Å²) in [4.78, 5) is 37.3. The number of pyridine rings is 1. The first kappa shape index (κ1) is 14.3. The van der Waals surface area contributed by atoms with Gasteiger partial charge in [0.2, 0.25) is 11.8 Å². The smallest absolute Gasteiger partial charge is 0.250 e. The van der Waals surface area contributed by atoms with Crippen molar-refractivity contribution in [2.75, 3.05) is 13.1 Å². The zero-order chi connectivity index (χ0) is 14.8. The van der Waals surface area contributed by atoms with Crippen molar-refractivity contribution in [3.05, 3.63) is 34.7 Å². The van der Waals surface area contributed by atoms with Crippen LogP contribution in [-0.4, -0.2) is 39.9 Å². The fourth-order valence-electron chi connectivity index (χ4n) is 2.42. The summed E-state index contributed by atoms with van der Waals surface area (Å²) in [5.74, 6) is -0.252. The van der Waals surface area contributed by atoms with Crippen molar-refractivity contribution in [3.63, 3.8) is 0 Å². The SMILES string of the molecule is CCC1(C)C(=O)NCC(=O)N1CCn1ccccc1=O. The van der Waals surface area contributed by atoms with E-state index < -0.39 is 5.54 Å². The number of piperazine rings is 1. The maximum atomic E-state index is 12.0. The fraction of sp³-hybridized carbons (Fsp3) is 0.500. The average Bonchev–Trinajstić information content (AvgIpc) is 2.45. The molecule has 1 saturated heterocycles. The Labute approximate surface area is 117 Å². The fourth-order valence-corrected chi connectivity index (χ4v) is 2.42. The number of nitrogens with zero attached hydrogens (tertiary/aromatic N) is 2.